The minimum absolute atomic E-state index is 0.0795. The van der Waals surface area contributed by atoms with E-state index in [1.54, 1.807) is 0 Å². The second kappa shape index (κ2) is 5.30. The zero-order valence-corrected chi connectivity index (χ0v) is 10.9. The van der Waals surface area contributed by atoms with Gasteiger partial charge in [-0.3, -0.25) is 0 Å². The summed E-state index contributed by atoms with van der Waals surface area (Å²) in [5.74, 6) is 0.461. The van der Waals surface area contributed by atoms with Gasteiger partial charge in [0.05, 0.1) is 6.10 Å². The molecule has 2 rings (SSSR count). The topological polar surface area (TPSA) is 32.3 Å². The maximum absolute atomic E-state index is 9.75. The lowest BCUT2D eigenvalue weighted by Crippen LogP contribution is -2.29. The Morgan fingerprint density at radius 3 is 2.94 bits per heavy atom. The van der Waals surface area contributed by atoms with Gasteiger partial charge in [-0.1, -0.05) is 6.42 Å². The molecule has 0 amide bonds. The van der Waals surface area contributed by atoms with Crippen LogP contribution in [0.4, 0.5) is 0 Å². The lowest BCUT2D eigenvalue weighted by Gasteiger charge is -2.19. The molecule has 0 bridgehead atoms. The van der Waals surface area contributed by atoms with Gasteiger partial charge in [0.15, 0.2) is 0 Å². The van der Waals surface area contributed by atoms with E-state index in [2.05, 4.69) is 30.6 Å². The number of aliphatic hydroxyl groups excluding tert-OH is 1. The monoisotopic (exact) mass is 239 g/mol. The maximum atomic E-state index is 9.75. The van der Waals surface area contributed by atoms with Crippen molar-refractivity contribution in [3.05, 3.63) is 21.9 Å². The van der Waals surface area contributed by atoms with E-state index in [0.29, 0.717) is 12.0 Å². The lowest BCUT2D eigenvalue weighted by atomic mass is 10.1. The molecule has 3 heteroatoms. The summed E-state index contributed by atoms with van der Waals surface area (Å²) >= 11 is 1.82. The van der Waals surface area contributed by atoms with Crippen LogP contribution in [0.3, 0.4) is 0 Å². The first-order chi connectivity index (χ1) is 7.68. The molecule has 0 spiro atoms. The first-order valence-electron chi connectivity index (χ1n) is 6.14. The van der Waals surface area contributed by atoms with Gasteiger partial charge in [-0.25, -0.2) is 0 Å². The molecule has 1 saturated carbocycles. The lowest BCUT2D eigenvalue weighted by molar-refractivity contribution is 0.130. The zero-order valence-electron chi connectivity index (χ0n) is 10.1. The van der Waals surface area contributed by atoms with Crippen molar-refractivity contribution in [3.63, 3.8) is 0 Å². The van der Waals surface area contributed by atoms with Crippen molar-refractivity contribution in [2.75, 3.05) is 6.54 Å². The van der Waals surface area contributed by atoms with Crippen molar-refractivity contribution in [1.82, 2.24) is 5.32 Å². The minimum atomic E-state index is -0.0795. The van der Waals surface area contributed by atoms with Crippen molar-refractivity contribution in [3.8, 4) is 0 Å². The second-order valence-corrected chi connectivity index (χ2v) is 5.80. The third-order valence-corrected chi connectivity index (χ3v) is 4.80. The van der Waals surface area contributed by atoms with Gasteiger partial charge < -0.3 is 10.4 Å². The maximum Gasteiger partial charge on any atom is 0.0580 e. The standard InChI is InChI=1S/C13H21NOS/c1-9-6-7-16-13(9)10(2)14-8-11-4-3-5-12(11)15/h6-7,10-12,14-15H,3-5,8H2,1-2H3. The van der Waals surface area contributed by atoms with E-state index in [1.165, 1.54) is 23.3 Å². The van der Waals surface area contributed by atoms with Crippen molar-refractivity contribution >= 4 is 11.3 Å². The van der Waals surface area contributed by atoms with Gasteiger partial charge in [0.2, 0.25) is 0 Å². The Morgan fingerprint density at radius 2 is 2.38 bits per heavy atom. The highest BCUT2D eigenvalue weighted by molar-refractivity contribution is 7.10. The van der Waals surface area contributed by atoms with Crippen LogP contribution >= 0.6 is 11.3 Å². The van der Waals surface area contributed by atoms with E-state index in [-0.39, 0.29) is 6.10 Å². The predicted molar refractivity (Wildman–Crippen MR) is 68.8 cm³/mol. The zero-order chi connectivity index (χ0) is 11.5. The quantitative estimate of drug-likeness (QED) is 0.847. The summed E-state index contributed by atoms with van der Waals surface area (Å²) in [5.41, 5.74) is 1.37. The molecule has 1 fully saturated rings. The van der Waals surface area contributed by atoms with E-state index in [4.69, 9.17) is 0 Å². The summed E-state index contributed by atoms with van der Waals surface area (Å²) < 4.78 is 0. The van der Waals surface area contributed by atoms with Gasteiger partial charge in [-0.15, -0.1) is 11.3 Å². The molecule has 0 aromatic carbocycles. The van der Waals surface area contributed by atoms with Crippen LogP contribution < -0.4 is 5.32 Å². The molecule has 90 valence electrons. The van der Waals surface area contributed by atoms with E-state index in [1.807, 2.05) is 11.3 Å². The summed E-state index contributed by atoms with van der Waals surface area (Å²) in [6.45, 7) is 5.31. The normalized spacial score (nSPS) is 27.2. The van der Waals surface area contributed by atoms with Gasteiger partial charge >= 0.3 is 0 Å². The number of thiophene rings is 1. The first kappa shape index (κ1) is 12.1. The molecule has 16 heavy (non-hydrogen) atoms. The number of nitrogens with one attached hydrogen (secondary N) is 1. The highest BCUT2D eigenvalue weighted by Gasteiger charge is 2.25. The number of aryl methyl sites for hydroxylation is 1. The van der Waals surface area contributed by atoms with Gasteiger partial charge in [-0.05, 0) is 49.6 Å². The molecule has 0 saturated heterocycles. The Balaban J connectivity index is 1.84. The molecular weight excluding hydrogens is 218 g/mol. The minimum Gasteiger partial charge on any atom is -0.393 e. The number of aliphatic hydroxyl groups is 1. The fraction of sp³-hybridized carbons (Fsp3) is 0.692. The molecule has 0 radical (unpaired) electrons. The highest BCUT2D eigenvalue weighted by Crippen LogP contribution is 2.27. The smallest absolute Gasteiger partial charge is 0.0580 e. The van der Waals surface area contributed by atoms with E-state index in [9.17, 15) is 5.11 Å². The van der Waals surface area contributed by atoms with Gasteiger partial charge in [0, 0.05) is 17.5 Å². The Bertz CT molecular complexity index is 336. The van der Waals surface area contributed by atoms with E-state index < -0.39 is 0 Å². The van der Waals surface area contributed by atoms with E-state index >= 15 is 0 Å². The number of rotatable bonds is 4. The van der Waals surface area contributed by atoms with E-state index in [0.717, 1.165) is 13.0 Å². The van der Waals surface area contributed by atoms with Crippen molar-refractivity contribution in [2.45, 2.75) is 45.3 Å². The molecule has 3 unspecified atom stereocenters. The van der Waals surface area contributed by atoms with Crippen LogP contribution in [0.1, 0.15) is 42.7 Å². The number of hydrogen-bond donors (Lipinski definition) is 2. The Hall–Kier alpha value is -0.380. The molecule has 1 heterocycles. The van der Waals surface area contributed by atoms with Crippen LogP contribution in [-0.2, 0) is 0 Å². The van der Waals surface area contributed by atoms with Crippen molar-refractivity contribution < 1.29 is 5.11 Å². The summed E-state index contributed by atoms with van der Waals surface area (Å²) in [5, 5.41) is 15.4. The average molecular weight is 239 g/mol. The van der Waals surface area contributed by atoms with Crippen LogP contribution in [0.25, 0.3) is 0 Å². The SMILES string of the molecule is Cc1ccsc1C(C)NCC1CCCC1O. The summed E-state index contributed by atoms with van der Waals surface area (Å²) in [6, 6.07) is 2.58. The molecule has 1 aliphatic carbocycles. The summed E-state index contributed by atoms with van der Waals surface area (Å²) in [7, 11) is 0. The van der Waals surface area contributed by atoms with Crippen LogP contribution in [-0.4, -0.2) is 17.8 Å². The van der Waals surface area contributed by atoms with Crippen LogP contribution in [0.5, 0.6) is 0 Å². The van der Waals surface area contributed by atoms with Gasteiger partial charge in [0.25, 0.3) is 0 Å². The molecule has 1 aliphatic rings. The molecule has 2 nitrogen and oxygen atoms in total. The second-order valence-electron chi connectivity index (χ2n) is 4.86. The van der Waals surface area contributed by atoms with Crippen LogP contribution in [0.15, 0.2) is 11.4 Å². The third-order valence-electron chi connectivity index (χ3n) is 3.60. The van der Waals surface area contributed by atoms with Crippen molar-refractivity contribution in [2.24, 2.45) is 5.92 Å². The molecule has 0 aliphatic heterocycles. The molecule has 1 aromatic heterocycles. The summed E-state index contributed by atoms with van der Waals surface area (Å²) in [4.78, 5) is 1.42. The predicted octanol–water partition coefficient (Wildman–Crippen LogP) is 2.87. The Kier molecular flexibility index (Phi) is 4.00. The fourth-order valence-electron chi connectivity index (χ4n) is 2.50. The van der Waals surface area contributed by atoms with Gasteiger partial charge in [-0.2, -0.15) is 0 Å². The Morgan fingerprint density at radius 1 is 1.56 bits per heavy atom. The van der Waals surface area contributed by atoms with Crippen LogP contribution in [0, 0.1) is 12.8 Å². The first-order valence-corrected chi connectivity index (χ1v) is 7.02. The summed E-state index contributed by atoms with van der Waals surface area (Å²) in [6.07, 6.45) is 3.26. The van der Waals surface area contributed by atoms with Gasteiger partial charge in [0.1, 0.15) is 0 Å². The molecule has 3 atom stereocenters. The molecular formula is C13H21NOS. The van der Waals surface area contributed by atoms with Crippen LogP contribution in [0.2, 0.25) is 0 Å². The van der Waals surface area contributed by atoms with Crippen molar-refractivity contribution in [1.29, 1.82) is 0 Å². The third kappa shape index (κ3) is 2.65. The largest absolute Gasteiger partial charge is 0.393 e. The molecule has 2 N–H and O–H groups in total. The Labute approximate surface area is 102 Å². The molecule has 1 aromatic rings. The number of hydrogen-bond acceptors (Lipinski definition) is 3. The fourth-order valence-corrected chi connectivity index (χ4v) is 3.46. The average Bonchev–Trinajstić information content (AvgIpc) is 2.84. The highest BCUT2D eigenvalue weighted by atomic mass is 32.1.